The standard InChI is InChI=1S/C19H16BrN5O2S/c20-13-7-5-12(6-8-13)10-25-11-21-19(24-25)23-17(26)9-16-18(27)22-14-3-1-2-4-15(14)28-16/h1-8,11,16H,9-10H2,(H,22,27)(H,23,24,26). The van der Waals surface area contributed by atoms with Gasteiger partial charge in [0.15, 0.2) is 0 Å². The fourth-order valence-electron chi connectivity index (χ4n) is 2.78. The molecule has 2 heterocycles. The third-order valence-electron chi connectivity index (χ3n) is 4.12. The summed E-state index contributed by atoms with van der Waals surface area (Å²) >= 11 is 4.79. The predicted octanol–water partition coefficient (Wildman–Crippen LogP) is 3.53. The Morgan fingerprint density at radius 2 is 2.00 bits per heavy atom. The minimum absolute atomic E-state index is 0.0477. The highest BCUT2D eigenvalue weighted by Crippen LogP contribution is 2.36. The number of amides is 2. The Morgan fingerprint density at radius 3 is 2.82 bits per heavy atom. The molecule has 0 radical (unpaired) electrons. The second kappa shape index (κ2) is 8.15. The largest absolute Gasteiger partial charge is 0.324 e. The van der Waals surface area contributed by atoms with E-state index in [1.165, 1.54) is 11.8 Å². The molecule has 28 heavy (non-hydrogen) atoms. The molecule has 1 atom stereocenters. The zero-order chi connectivity index (χ0) is 19.5. The van der Waals surface area contributed by atoms with E-state index in [1.807, 2.05) is 48.5 Å². The SMILES string of the molecule is O=C(CC1Sc2ccccc2NC1=O)Nc1ncn(Cc2ccc(Br)cc2)n1. The van der Waals surface area contributed by atoms with E-state index in [0.717, 1.165) is 20.6 Å². The molecule has 142 valence electrons. The van der Waals surface area contributed by atoms with Crippen LogP contribution < -0.4 is 10.6 Å². The van der Waals surface area contributed by atoms with Crippen molar-refractivity contribution in [3.05, 3.63) is 64.9 Å². The molecule has 7 nitrogen and oxygen atoms in total. The lowest BCUT2D eigenvalue weighted by Crippen LogP contribution is -2.32. The van der Waals surface area contributed by atoms with Crippen LogP contribution in [0.1, 0.15) is 12.0 Å². The van der Waals surface area contributed by atoms with Crippen molar-refractivity contribution in [2.75, 3.05) is 10.6 Å². The summed E-state index contributed by atoms with van der Waals surface area (Å²) in [6.45, 7) is 0.549. The summed E-state index contributed by atoms with van der Waals surface area (Å²) in [4.78, 5) is 29.6. The lowest BCUT2D eigenvalue weighted by atomic mass is 10.2. The molecule has 1 aliphatic heterocycles. The van der Waals surface area contributed by atoms with E-state index >= 15 is 0 Å². The molecule has 2 amide bonds. The number of carbonyl (C=O) groups excluding carboxylic acids is 2. The number of hydrogen-bond acceptors (Lipinski definition) is 5. The molecule has 1 unspecified atom stereocenters. The van der Waals surface area contributed by atoms with Crippen LogP contribution in [0.15, 0.2) is 64.2 Å². The highest BCUT2D eigenvalue weighted by molar-refractivity contribution is 9.10. The number of carbonyl (C=O) groups is 2. The molecule has 2 N–H and O–H groups in total. The van der Waals surface area contributed by atoms with E-state index in [-0.39, 0.29) is 24.2 Å². The lowest BCUT2D eigenvalue weighted by Gasteiger charge is -2.23. The van der Waals surface area contributed by atoms with E-state index < -0.39 is 5.25 Å². The Balaban J connectivity index is 1.35. The molecule has 0 bridgehead atoms. The number of halogens is 1. The number of fused-ring (bicyclic) bond motifs is 1. The summed E-state index contributed by atoms with van der Waals surface area (Å²) in [5.74, 6) is -0.246. The highest BCUT2D eigenvalue weighted by Gasteiger charge is 2.29. The van der Waals surface area contributed by atoms with Crippen LogP contribution in [0, 0.1) is 0 Å². The molecule has 3 aromatic rings. The molecule has 9 heteroatoms. The van der Waals surface area contributed by atoms with E-state index in [9.17, 15) is 9.59 Å². The van der Waals surface area contributed by atoms with Crippen molar-refractivity contribution < 1.29 is 9.59 Å². The van der Waals surface area contributed by atoms with E-state index in [0.29, 0.717) is 6.54 Å². The summed E-state index contributed by atoms with van der Waals surface area (Å²) in [7, 11) is 0. The number of nitrogens with one attached hydrogen (secondary N) is 2. The molecule has 1 aliphatic rings. The highest BCUT2D eigenvalue weighted by atomic mass is 79.9. The number of rotatable bonds is 5. The maximum atomic E-state index is 12.3. The third-order valence-corrected chi connectivity index (χ3v) is 5.93. The topological polar surface area (TPSA) is 88.9 Å². The number of para-hydroxylation sites is 1. The molecule has 0 saturated heterocycles. The summed E-state index contributed by atoms with van der Waals surface area (Å²) in [6, 6.07) is 15.4. The number of nitrogens with zero attached hydrogens (tertiary/aromatic N) is 3. The van der Waals surface area contributed by atoms with Crippen molar-refractivity contribution in [3.8, 4) is 0 Å². The van der Waals surface area contributed by atoms with Crippen LogP contribution in [0.25, 0.3) is 0 Å². The van der Waals surface area contributed by atoms with Crippen LogP contribution >= 0.6 is 27.7 Å². The Morgan fingerprint density at radius 1 is 1.21 bits per heavy atom. The maximum absolute atomic E-state index is 12.3. The maximum Gasteiger partial charge on any atom is 0.248 e. The fourth-order valence-corrected chi connectivity index (χ4v) is 4.15. The summed E-state index contributed by atoms with van der Waals surface area (Å²) in [5, 5.41) is 9.29. The van der Waals surface area contributed by atoms with Gasteiger partial charge in [0.05, 0.1) is 17.5 Å². The second-order valence-corrected chi connectivity index (χ2v) is 8.40. The third kappa shape index (κ3) is 4.42. The van der Waals surface area contributed by atoms with Gasteiger partial charge < -0.3 is 5.32 Å². The van der Waals surface area contributed by atoms with E-state index in [2.05, 4.69) is 36.6 Å². The number of thioether (sulfide) groups is 1. The lowest BCUT2D eigenvalue weighted by molar-refractivity contribution is -0.120. The Hall–Kier alpha value is -2.65. The van der Waals surface area contributed by atoms with Gasteiger partial charge in [0.25, 0.3) is 0 Å². The van der Waals surface area contributed by atoms with Gasteiger partial charge in [-0.3, -0.25) is 14.9 Å². The van der Waals surface area contributed by atoms with Crippen molar-refractivity contribution in [3.63, 3.8) is 0 Å². The number of anilines is 2. The number of aromatic nitrogens is 3. The average molecular weight is 458 g/mol. The zero-order valence-corrected chi connectivity index (χ0v) is 17.0. The number of hydrogen-bond donors (Lipinski definition) is 2. The molecule has 0 saturated carbocycles. The molecule has 1 aromatic heterocycles. The molecule has 0 aliphatic carbocycles. The van der Waals surface area contributed by atoms with Gasteiger partial charge in [0, 0.05) is 15.8 Å². The first-order valence-corrected chi connectivity index (χ1v) is 10.2. The summed E-state index contributed by atoms with van der Waals surface area (Å²) in [6.07, 6.45) is 1.61. The first-order chi connectivity index (χ1) is 13.6. The van der Waals surface area contributed by atoms with Crippen LogP contribution in [-0.2, 0) is 16.1 Å². The van der Waals surface area contributed by atoms with E-state index in [1.54, 1.807) is 11.0 Å². The Bertz CT molecular complexity index is 1020. The van der Waals surface area contributed by atoms with Gasteiger partial charge in [-0.05, 0) is 29.8 Å². The summed E-state index contributed by atoms with van der Waals surface area (Å²) < 4.78 is 2.66. The molecule has 4 rings (SSSR count). The molecular weight excluding hydrogens is 442 g/mol. The molecule has 0 fully saturated rings. The predicted molar refractivity (Wildman–Crippen MR) is 111 cm³/mol. The van der Waals surface area contributed by atoms with Gasteiger partial charge >= 0.3 is 0 Å². The first kappa shape index (κ1) is 18.7. The number of benzene rings is 2. The molecule has 0 spiro atoms. The fraction of sp³-hybridized carbons (Fsp3) is 0.158. The van der Waals surface area contributed by atoms with Crippen LogP contribution in [0.3, 0.4) is 0 Å². The Labute approximate surface area is 174 Å². The first-order valence-electron chi connectivity index (χ1n) is 8.57. The Kier molecular flexibility index (Phi) is 5.45. The van der Waals surface area contributed by atoms with Gasteiger partial charge in [-0.2, -0.15) is 0 Å². The monoisotopic (exact) mass is 457 g/mol. The van der Waals surface area contributed by atoms with Gasteiger partial charge in [-0.15, -0.1) is 16.9 Å². The van der Waals surface area contributed by atoms with Crippen molar-refractivity contribution in [2.24, 2.45) is 0 Å². The second-order valence-electron chi connectivity index (χ2n) is 6.24. The minimum Gasteiger partial charge on any atom is -0.324 e. The van der Waals surface area contributed by atoms with Crippen LogP contribution in [-0.4, -0.2) is 31.8 Å². The molecule has 2 aromatic carbocycles. The quantitative estimate of drug-likeness (QED) is 0.611. The van der Waals surface area contributed by atoms with Gasteiger partial charge in [0.2, 0.25) is 17.8 Å². The van der Waals surface area contributed by atoms with Gasteiger partial charge in [0.1, 0.15) is 6.33 Å². The van der Waals surface area contributed by atoms with Crippen molar-refractivity contribution >= 4 is 51.1 Å². The van der Waals surface area contributed by atoms with Crippen LogP contribution in [0.2, 0.25) is 0 Å². The van der Waals surface area contributed by atoms with Crippen molar-refractivity contribution in [1.29, 1.82) is 0 Å². The van der Waals surface area contributed by atoms with Crippen LogP contribution in [0.5, 0.6) is 0 Å². The molecular formula is C19H16BrN5O2S. The average Bonchev–Trinajstić information content (AvgIpc) is 3.11. The van der Waals surface area contributed by atoms with Gasteiger partial charge in [-0.25, -0.2) is 9.67 Å². The van der Waals surface area contributed by atoms with E-state index in [4.69, 9.17) is 0 Å². The van der Waals surface area contributed by atoms with Crippen molar-refractivity contribution in [1.82, 2.24) is 14.8 Å². The van der Waals surface area contributed by atoms with Crippen molar-refractivity contribution in [2.45, 2.75) is 23.1 Å². The summed E-state index contributed by atoms with van der Waals surface area (Å²) in [5.41, 5.74) is 1.85. The van der Waals surface area contributed by atoms with Crippen LogP contribution in [0.4, 0.5) is 11.6 Å². The zero-order valence-electron chi connectivity index (χ0n) is 14.6. The minimum atomic E-state index is -0.486. The van der Waals surface area contributed by atoms with Gasteiger partial charge in [-0.1, -0.05) is 40.2 Å². The normalized spacial score (nSPS) is 15.6. The smallest absolute Gasteiger partial charge is 0.248 e.